The highest BCUT2D eigenvalue weighted by atomic mass is 32.2. The Morgan fingerprint density at radius 2 is 1.82 bits per heavy atom. The van der Waals surface area contributed by atoms with E-state index < -0.39 is 11.9 Å². The number of benzene rings is 2. The predicted octanol–water partition coefficient (Wildman–Crippen LogP) is 5.36. The molecule has 0 saturated heterocycles. The van der Waals surface area contributed by atoms with Crippen LogP contribution in [0.1, 0.15) is 12.5 Å². The molecule has 0 saturated carbocycles. The molecule has 2 aromatic carbocycles. The number of para-hydroxylation sites is 1. The lowest BCUT2D eigenvalue weighted by Crippen LogP contribution is -2.23. The topological polar surface area (TPSA) is 81.9 Å². The fourth-order valence-corrected chi connectivity index (χ4v) is 4.10. The minimum Gasteiger partial charge on any atom is -0.435 e. The van der Waals surface area contributed by atoms with Gasteiger partial charge in [0.15, 0.2) is 11.0 Å². The third-order valence-corrected chi connectivity index (χ3v) is 5.95. The van der Waals surface area contributed by atoms with Crippen LogP contribution in [0.4, 0.5) is 14.5 Å². The standard InChI is InChI=1S/C24H21F2N5O2S/c1-15-6-3-4-8-20(15)31-21(17-7-5-13-27-14-17)29-30-24(31)34-16(2)22(32)28-18-9-11-19(12-10-18)33-23(25)26/h3-14,16,23H,1-2H3,(H,28,32). The molecule has 4 aromatic rings. The average Bonchev–Trinajstić information content (AvgIpc) is 3.24. The molecule has 1 amide bonds. The van der Waals surface area contributed by atoms with E-state index in [4.69, 9.17) is 0 Å². The quantitative estimate of drug-likeness (QED) is 0.341. The molecule has 2 heterocycles. The number of ether oxygens (including phenoxy) is 1. The highest BCUT2D eigenvalue weighted by Gasteiger charge is 2.23. The molecule has 0 aliphatic rings. The molecule has 1 unspecified atom stereocenters. The fourth-order valence-electron chi connectivity index (χ4n) is 3.23. The van der Waals surface area contributed by atoms with Gasteiger partial charge < -0.3 is 10.1 Å². The van der Waals surface area contributed by atoms with Crippen LogP contribution < -0.4 is 10.1 Å². The van der Waals surface area contributed by atoms with Gasteiger partial charge in [0.25, 0.3) is 0 Å². The van der Waals surface area contributed by atoms with Crippen LogP contribution in [-0.4, -0.2) is 37.5 Å². The molecule has 34 heavy (non-hydrogen) atoms. The zero-order chi connectivity index (χ0) is 24.1. The zero-order valence-corrected chi connectivity index (χ0v) is 19.2. The van der Waals surface area contributed by atoms with Crippen LogP contribution >= 0.6 is 11.8 Å². The lowest BCUT2D eigenvalue weighted by atomic mass is 10.2. The van der Waals surface area contributed by atoms with Gasteiger partial charge in [-0.25, -0.2) is 0 Å². The van der Waals surface area contributed by atoms with E-state index >= 15 is 0 Å². The molecular formula is C24H21F2N5O2S. The molecule has 174 valence electrons. The van der Waals surface area contributed by atoms with Crippen molar-refractivity contribution in [1.82, 2.24) is 19.7 Å². The second-order valence-electron chi connectivity index (χ2n) is 7.32. The van der Waals surface area contributed by atoms with Crippen molar-refractivity contribution in [2.45, 2.75) is 30.9 Å². The van der Waals surface area contributed by atoms with Crippen LogP contribution in [0.25, 0.3) is 17.1 Å². The number of pyridine rings is 1. The summed E-state index contributed by atoms with van der Waals surface area (Å²) in [5.74, 6) is 0.367. The second kappa shape index (κ2) is 10.4. The van der Waals surface area contributed by atoms with E-state index in [1.54, 1.807) is 19.3 Å². The molecule has 7 nitrogen and oxygen atoms in total. The molecule has 1 atom stereocenters. The van der Waals surface area contributed by atoms with Gasteiger partial charge in [-0.2, -0.15) is 8.78 Å². The monoisotopic (exact) mass is 481 g/mol. The van der Waals surface area contributed by atoms with Gasteiger partial charge in [-0.15, -0.1) is 10.2 Å². The van der Waals surface area contributed by atoms with Crippen molar-refractivity contribution < 1.29 is 18.3 Å². The van der Waals surface area contributed by atoms with Gasteiger partial charge in [-0.1, -0.05) is 30.0 Å². The highest BCUT2D eigenvalue weighted by Crippen LogP contribution is 2.31. The summed E-state index contributed by atoms with van der Waals surface area (Å²) in [6.45, 7) is 0.850. The van der Waals surface area contributed by atoms with Crippen LogP contribution in [0.15, 0.2) is 78.2 Å². The molecule has 0 fully saturated rings. The third kappa shape index (κ3) is 5.40. The first kappa shape index (κ1) is 23.4. The molecule has 0 aliphatic carbocycles. The van der Waals surface area contributed by atoms with E-state index in [1.807, 2.05) is 47.9 Å². The summed E-state index contributed by atoms with van der Waals surface area (Å²) < 4.78 is 30.9. The summed E-state index contributed by atoms with van der Waals surface area (Å²) in [5.41, 5.74) is 3.19. The van der Waals surface area contributed by atoms with E-state index in [2.05, 4.69) is 25.2 Å². The van der Waals surface area contributed by atoms with Crippen LogP contribution in [0, 0.1) is 6.92 Å². The van der Waals surface area contributed by atoms with E-state index in [0.717, 1.165) is 16.8 Å². The second-order valence-corrected chi connectivity index (χ2v) is 8.63. The Kier molecular flexibility index (Phi) is 7.17. The number of thioether (sulfide) groups is 1. The van der Waals surface area contributed by atoms with Crippen molar-refractivity contribution in [2.75, 3.05) is 5.32 Å². The predicted molar refractivity (Wildman–Crippen MR) is 126 cm³/mol. The summed E-state index contributed by atoms with van der Waals surface area (Å²) >= 11 is 1.26. The number of nitrogens with one attached hydrogen (secondary N) is 1. The summed E-state index contributed by atoms with van der Waals surface area (Å²) in [5, 5.41) is 11.5. The number of nitrogens with zero attached hydrogens (tertiary/aromatic N) is 4. The summed E-state index contributed by atoms with van der Waals surface area (Å²) in [4.78, 5) is 17.0. The maximum absolute atomic E-state index is 12.8. The number of rotatable bonds is 8. The number of aryl methyl sites for hydroxylation is 1. The summed E-state index contributed by atoms with van der Waals surface area (Å²) in [6, 6.07) is 17.3. The van der Waals surface area contributed by atoms with Gasteiger partial charge in [0, 0.05) is 23.6 Å². The van der Waals surface area contributed by atoms with Crippen molar-refractivity contribution in [1.29, 1.82) is 0 Å². The number of halogens is 2. The maximum atomic E-state index is 12.8. The molecule has 10 heteroatoms. The van der Waals surface area contributed by atoms with Crippen LogP contribution in [0.5, 0.6) is 5.75 Å². The normalized spacial score (nSPS) is 11.9. The molecule has 4 rings (SSSR count). The van der Waals surface area contributed by atoms with E-state index in [-0.39, 0.29) is 11.7 Å². The zero-order valence-electron chi connectivity index (χ0n) is 18.4. The van der Waals surface area contributed by atoms with Crippen molar-refractivity contribution in [3.05, 3.63) is 78.6 Å². The Labute approximate surface area is 199 Å². The minimum absolute atomic E-state index is 0.0182. The summed E-state index contributed by atoms with van der Waals surface area (Å²) in [6.07, 6.45) is 3.40. The first-order chi connectivity index (χ1) is 16.4. The first-order valence-electron chi connectivity index (χ1n) is 10.4. The van der Waals surface area contributed by atoms with Crippen molar-refractivity contribution >= 4 is 23.4 Å². The van der Waals surface area contributed by atoms with Crippen molar-refractivity contribution in [2.24, 2.45) is 0 Å². The number of carbonyl (C=O) groups excluding carboxylic acids is 1. The molecule has 0 bridgehead atoms. The number of anilines is 1. The molecule has 1 N–H and O–H groups in total. The minimum atomic E-state index is -2.90. The smallest absolute Gasteiger partial charge is 0.387 e. The number of hydrogen-bond donors (Lipinski definition) is 1. The Morgan fingerprint density at radius 1 is 1.06 bits per heavy atom. The largest absolute Gasteiger partial charge is 0.435 e. The van der Waals surface area contributed by atoms with E-state index in [1.165, 1.54) is 36.0 Å². The Balaban J connectivity index is 1.57. The van der Waals surface area contributed by atoms with Crippen LogP contribution in [0.3, 0.4) is 0 Å². The van der Waals surface area contributed by atoms with Gasteiger partial charge in [0.05, 0.1) is 10.9 Å². The van der Waals surface area contributed by atoms with E-state index in [0.29, 0.717) is 16.7 Å². The molecule has 0 radical (unpaired) electrons. The van der Waals surface area contributed by atoms with Gasteiger partial charge in [0.1, 0.15) is 5.75 Å². The first-order valence-corrected chi connectivity index (χ1v) is 11.2. The lowest BCUT2D eigenvalue weighted by Gasteiger charge is -2.15. The van der Waals surface area contributed by atoms with Gasteiger partial charge >= 0.3 is 6.61 Å². The lowest BCUT2D eigenvalue weighted by molar-refractivity contribution is -0.115. The summed E-state index contributed by atoms with van der Waals surface area (Å²) in [7, 11) is 0. The van der Waals surface area contributed by atoms with Crippen molar-refractivity contribution in [3.63, 3.8) is 0 Å². The number of amides is 1. The van der Waals surface area contributed by atoms with Gasteiger partial charge in [-0.05, 0) is 61.9 Å². The van der Waals surface area contributed by atoms with E-state index in [9.17, 15) is 13.6 Å². The average molecular weight is 482 g/mol. The molecular weight excluding hydrogens is 460 g/mol. The molecule has 2 aromatic heterocycles. The highest BCUT2D eigenvalue weighted by molar-refractivity contribution is 8.00. The maximum Gasteiger partial charge on any atom is 0.387 e. The van der Waals surface area contributed by atoms with Crippen LogP contribution in [0.2, 0.25) is 0 Å². The fraction of sp³-hybridized carbons (Fsp3) is 0.167. The SMILES string of the molecule is Cc1ccccc1-n1c(SC(C)C(=O)Nc2ccc(OC(F)F)cc2)nnc1-c1cccnc1. The van der Waals surface area contributed by atoms with Crippen molar-refractivity contribution in [3.8, 4) is 22.8 Å². The van der Waals surface area contributed by atoms with Gasteiger partial charge in [0.2, 0.25) is 5.91 Å². The third-order valence-electron chi connectivity index (χ3n) is 4.91. The molecule has 0 spiro atoms. The molecule has 0 aliphatic heterocycles. The Hall–Kier alpha value is -3.79. The van der Waals surface area contributed by atoms with Crippen LogP contribution in [-0.2, 0) is 4.79 Å². The van der Waals surface area contributed by atoms with Gasteiger partial charge in [-0.3, -0.25) is 14.3 Å². The Bertz CT molecular complexity index is 1270. The number of alkyl halides is 2. The Morgan fingerprint density at radius 3 is 2.50 bits per heavy atom. The number of hydrogen-bond acceptors (Lipinski definition) is 6. The number of carbonyl (C=O) groups is 1. The number of aromatic nitrogens is 4.